The van der Waals surface area contributed by atoms with Crippen LogP contribution < -0.4 is 5.32 Å². The summed E-state index contributed by atoms with van der Waals surface area (Å²) in [6.07, 6.45) is 8.41. The van der Waals surface area contributed by atoms with Gasteiger partial charge in [0.05, 0.1) is 6.54 Å². The zero-order valence-electron chi connectivity index (χ0n) is 17.9. The van der Waals surface area contributed by atoms with Crippen LogP contribution in [0.15, 0.2) is 24.3 Å². The van der Waals surface area contributed by atoms with Gasteiger partial charge in [0.15, 0.2) is 0 Å². The minimum absolute atomic E-state index is 0.136. The molecule has 2 heterocycles. The van der Waals surface area contributed by atoms with Crippen molar-refractivity contribution in [3.63, 3.8) is 0 Å². The number of carbonyl (C=O) groups excluding carboxylic acids is 3. The number of rotatable bonds is 5. The summed E-state index contributed by atoms with van der Waals surface area (Å²) in [7, 11) is 0. The third kappa shape index (κ3) is 3.45. The first-order chi connectivity index (χ1) is 15.5. The van der Waals surface area contributed by atoms with Gasteiger partial charge in [-0.05, 0) is 74.0 Å². The van der Waals surface area contributed by atoms with Gasteiger partial charge in [-0.15, -0.1) is 10.2 Å². The van der Waals surface area contributed by atoms with E-state index in [0.717, 1.165) is 28.3 Å². The molecule has 0 radical (unpaired) electrons. The fourth-order valence-electron chi connectivity index (χ4n) is 6.77. The summed E-state index contributed by atoms with van der Waals surface area (Å²) in [5.41, 5.74) is 1.52. The average molecular weight is 451 g/mol. The number of nitrogens with one attached hydrogen (secondary N) is 1. The van der Waals surface area contributed by atoms with E-state index < -0.39 is 0 Å². The summed E-state index contributed by atoms with van der Waals surface area (Å²) in [4.78, 5) is 37.6. The molecule has 1 N–H and O–H groups in total. The van der Waals surface area contributed by atoms with E-state index >= 15 is 0 Å². The smallest absolute Gasteiger partial charge is 0.257 e. The predicted molar refractivity (Wildman–Crippen MR) is 119 cm³/mol. The van der Waals surface area contributed by atoms with Crippen LogP contribution in [0.1, 0.15) is 72.3 Å². The van der Waals surface area contributed by atoms with Crippen LogP contribution in [0, 0.1) is 17.8 Å². The van der Waals surface area contributed by atoms with E-state index in [1.807, 2.05) is 0 Å². The van der Waals surface area contributed by atoms with Gasteiger partial charge in [-0.3, -0.25) is 24.6 Å². The van der Waals surface area contributed by atoms with Crippen LogP contribution in [0.3, 0.4) is 0 Å². The van der Waals surface area contributed by atoms with E-state index in [0.29, 0.717) is 10.7 Å². The third-order valence-electron chi connectivity index (χ3n) is 7.85. The molecule has 1 aromatic carbocycles. The van der Waals surface area contributed by atoms with Gasteiger partial charge in [-0.25, -0.2) is 0 Å². The molecule has 0 unspecified atom stereocenters. The molecule has 5 aliphatic rings. The Morgan fingerprint density at radius 3 is 2.16 bits per heavy atom. The first-order valence-corrected chi connectivity index (χ1v) is 12.4. The van der Waals surface area contributed by atoms with E-state index in [-0.39, 0.29) is 42.5 Å². The Balaban J connectivity index is 1.12. The Morgan fingerprint density at radius 1 is 0.969 bits per heavy atom. The normalized spacial score (nSPS) is 30.9. The number of carbonyl (C=O) groups is 3. The summed E-state index contributed by atoms with van der Waals surface area (Å²) in [5.74, 6) is 2.03. The molecule has 7 nitrogen and oxygen atoms in total. The summed E-state index contributed by atoms with van der Waals surface area (Å²) in [5, 5.41) is 13.4. The molecule has 2 aromatic rings. The first kappa shape index (κ1) is 20.0. The van der Waals surface area contributed by atoms with Crippen molar-refractivity contribution >= 4 is 34.2 Å². The number of nitrogens with zero attached hydrogens (tertiary/aromatic N) is 3. The van der Waals surface area contributed by atoms with E-state index in [1.165, 1.54) is 54.8 Å². The predicted octanol–water partition coefficient (Wildman–Crippen LogP) is 3.91. The van der Waals surface area contributed by atoms with Crippen molar-refractivity contribution in [1.82, 2.24) is 15.1 Å². The van der Waals surface area contributed by atoms with Gasteiger partial charge < -0.3 is 0 Å². The van der Waals surface area contributed by atoms with Gasteiger partial charge in [0.25, 0.3) is 5.91 Å². The highest BCUT2D eigenvalue weighted by molar-refractivity contribution is 7.15. The van der Waals surface area contributed by atoms with E-state index in [1.54, 1.807) is 24.3 Å². The molecule has 0 atom stereocenters. The third-order valence-corrected chi connectivity index (χ3v) is 8.93. The van der Waals surface area contributed by atoms with Crippen molar-refractivity contribution in [1.29, 1.82) is 0 Å². The second kappa shape index (κ2) is 7.47. The summed E-state index contributed by atoms with van der Waals surface area (Å²) in [6, 6.07) is 7.01. The van der Waals surface area contributed by atoms with E-state index in [9.17, 15) is 14.4 Å². The molecular formula is C24H26N4O3S. The topological polar surface area (TPSA) is 92.3 Å². The van der Waals surface area contributed by atoms with Crippen molar-refractivity contribution in [3.05, 3.63) is 40.4 Å². The highest BCUT2D eigenvalue weighted by Gasteiger charge is 2.53. The zero-order valence-corrected chi connectivity index (χ0v) is 18.7. The van der Waals surface area contributed by atoms with Crippen molar-refractivity contribution in [2.45, 2.75) is 63.3 Å². The molecule has 4 bridgehead atoms. The zero-order chi connectivity index (χ0) is 21.9. The van der Waals surface area contributed by atoms with Crippen LogP contribution in [0.2, 0.25) is 0 Å². The van der Waals surface area contributed by atoms with Crippen molar-refractivity contribution in [2.24, 2.45) is 17.8 Å². The fraction of sp³-hybridized carbons (Fsp3) is 0.542. The maximum absolute atomic E-state index is 12.7. The number of aromatic nitrogens is 2. The quantitative estimate of drug-likeness (QED) is 0.698. The Morgan fingerprint density at radius 2 is 1.56 bits per heavy atom. The van der Waals surface area contributed by atoms with Crippen molar-refractivity contribution in [3.8, 4) is 0 Å². The van der Waals surface area contributed by atoms with Crippen LogP contribution in [-0.4, -0.2) is 32.8 Å². The van der Waals surface area contributed by atoms with Crippen molar-refractivity contribution < 1.29 is 14.4 Å². The van der Waals surface area contributed by atoms with Crippen LogP contribution in [0.4, 0.5) is 5.13 Å². The SMILES string of the molecule is O=C(Nc1nnc(C23CC4CC(CC(C4)C2)C3)s1)c1ccc(CN2C(=O)CCC2=O)cc1. The molecular weight excluding hydrogens is 424 g/mol. The minimum atomic E-state index is -0.224. The Labute approximate surface area is 190 Å². The van der Waals surface area contributed by atoms with Gasteiger partial charge in [-0.2, -0.15) is 0 Å². The number of amides is 3. The Kier molecular flexibility index (Phi) is 4.68. The highest BCUT2D eigenvalue weighted by Crippen LogP contribution is 2.61. The number of anilines is 1. The van der Waals surface area contributed by atoms with Crippen LogP contribution >= 0.6 is 11.3 Å². The average Bonchev–Trinajstić information content (AvgIpc) is 3.36. The molecule has 1 aliphatic heterocycles. The number of likely N-dealkylation sites (tertiary alicyclic amines) is 1. The van der Waals surface area contributed by atoms with Crippen molar-refractivity contribution in [2.75, 3.05) is 5.32 Å². The summed E-state index contributed by atoms with van der Waals surface area (Å²) < 4.78 is 0. The Hall–Kier alpha value is -2.61. The molecule has 1 saturated heterocycles. The monoisotopic (exact) mass is 450 g/mol. The lowest BCUT2D eigenvalue weighted by atomic mass is 9.50. The van der Waals surface area contributed by atoms with Gasteiger partial charge in [0.2, 0.25) is 16.9 Å². The highest BCUT2D eigenvalue weighted by atomic mass is 32.1. The number of hydrogen-bond donors (Lipinski definition) is 1. The number of benzene rings is 1. The maximum atomic E-state index is 12.7. The second-order valence-corrected chi connectivity index (χ2v) is 11.1. The molecule has 166 valence electrons. The molecule has 7 rings (SSSR count). The molecule has 3 amide bonds. The van der Waals surface area contributed by atoms with E-state index in [2.05, 4.69) is 15.5 Å². The van der Waals surface area contributed by atoms with Crippen LogP contribution in [0.5, 0.6) is 0 Å². The van der Waals surface area contributed by atoms with Crippen LogP contribution in [-0.2, 0) is 21.5 Å². The fourth-order valence-corrected chi connectivity index (χ4v) is 7.73. The van der Waals surface area contributed by atoms with Gasteiger partial charge in [0.1, 0.15) is 5.01 Å². The molecule has 0 spiro atoms. The maximum Gasteiger partial charge on any atom is 0.257 e. The first-order valence-electron chi connectivity index (χ1n) is 11.5. The largest absolute Gasteiger partial charge is 0.296 e. The second-order valence-electron chi connectivity index (χ2n) is 10.1. The molecule has 5 fully saturated rings. The summed E-state index contributed by atoms with van der Waals surface area (Å²) in [6.45, 7) is 0.254. The van der Waals surface area contributed by atoms with Crippen LogP contribution in [0.25, 0.3) is 0 Å². The molecule has 1 aromatic heterocycles. The standard InChI is InChI=1S/C24H26N4O3S/c29-19-5-6-20(30)28(19)13-14-1-3-18(4-2-14)21(31)25-23-27-26-22(32-23)24-10-15-7-16(11-24)9-17(8-15)12-24/h1-4,15-17H,5-13H2,(H,25,27,31). The molecule has 32 heavy (non-hydrogen) atoms. The lowest BCUT2D eigenvalue weighted by molar-refractivity contribution is -0.139. The minimum Gasteiger partial charge on any atom is -0.296 e. The summed E-state index contributed by atoms with van der Waals surface area (Å²) >= 11 is 1.53. The molecule has 4 saturated carbocycles. The van der Waals surface area contributed by atoms with Gasteiger partial charge >= 0.3 is 0 Å². The van der Waals surface area contributed by atoms with Gasteiger partial charge in [-0.1, -0.05) is 23.5 Å². The van der Waals surface area contributed by atoms with E-state index in [4.69, 9.17) is 0 Å². The Bertz CT molecular complexity index is 1040. The molecule has 8 heteroatoms. The van der Waals surface area contributed by atoms with Gasteiger partial charge in [0, 0.05) is 23.8 Å². The lowest BCUT2D eigenvalue weighted by Gasteiger charge is -2.55. The lowest BCUT2D eigenvalue weighted by Crippen LogP contribution is -2.48. The number of imide groups is 1. The number of hydrogen-bond acceptors (Lipinski definition) is 6. The molecule has 4 aliphatic carbocycles.